The highest BCUT2D eigenvalue weighted by Crippen LogP contribution is 2.16. The summed E-state index contributed by atoms with van der Waals surface area (Å²) in [6.07, 6.45) is 2.87. The molecule has 2 aromatic carbocycles. The molecule has 148 valence electrons. The fourth-order valence-corrected chi connectivity index (χ4v) is 3.72. The van der Waals surface area contributed by atoms with Crippen molar-refractivity contribution in [1.29, 1.82) is 0 Å². The van der Waals surface area contributed by atoms with E-state index in [1.54, 1.807) is 18.2 Å². The van der Waals surface area contributed by atoms with Gasteiger partial charge in [0.25, 0.3) is 15.9 Å². The summed E-state index contributed by atoms with van der Waals surface area (Å²) in [5.74, 6) is -0.362. The van der Waals surface area contributed by atoms with Crippen LogP contribution >= 0.6 is 34.8 Å². The van der Waals surface area contributed by atoms with Gasteiger partial charge in [0.2, 0.25) is 5.95 Å². The van der Waals surface area contributed by atoms with Gasteiger partial charge in [-0.25, -0.2) is 23.1 Å². The van der Waals surface area contributed by atoms with Crippen LogP contribution in [0.5, 0.6) is 0 Å². The number of benzene rings is 2. The molecule has 3 rings (SSSR count). The van der Waals surface area contributed by atoms with E-state index in [2.05, 4.69) is 47.9 Å². The summed E-state index contributed by atoms with van der Waals surface area (Å²) in [6.45, 7) is 0. The number of carbonyl (C=O) groups is 1. The van der Waals surface area contributed by atoms with E-state index in [4.69, 9.17) is 12.2 Å². The third kappa shape index (κ3) is 5.92. The molecule has 0 saturated carbocycles. The van der Waals surface area contributed by atoms with Crippen molar-refractivity contribution in [2.45, 2.75) is 4.90 Å². The molecule has 1 amide bonds. The third-order valence-electron chi connectivity index (χ3n) is 3.55. The smallest absolute Gasteiger partial charge is 0.264 e. The number of hydrogen-bond acceptors (Lipinski definition) is 6. The molecule has 1 heterocycles. The quantitative estimate of drug-likeness (QED) is 0.338. The Morgan fingerprint density at radius 3 is 2.21 bits per heavy atom. The lowest BCUT2D eigenvalue weighted by atomic mass is 10.2. The first-order chi connectivity index (χ1) is 13.8. The molecule has 0 unspecified atom stereocenters. The SMILES string of the molecule is O=C(NC(=S)Nc1ccc(S(=O)(=O)Nc2ncccn2)cc1)c1ccc(I)cc1. The number of amides is 1. The molecule has 1 aromatic heterocycles. The Balaban J connectivity index is 1.62. The average Bonchev–Trinajstić information content (AvgIpc) is 2.69. The number of thiocarbonyl (C=S) groups is 1. The van der Waals surface area contributed by atoms with Crippen molar-refractivity contribution in [3.05, 3.63) is 76.1 Å². The zero-order chi connectivity index (χ0) is 20.9. The second kappa shape index (κ2) is 9.24. The zero-order valence-electron chi connectivity index (χ0n) is 14.7. The van der Waals surface area contributed by atoms with Crippen LogP contribution in [0.1, 0.15) is 10.4 Å². The van der Waals surface area contributed by atoms with Gasteiger partial charge in [0, 0.05) is 27.2 Å². The van der Waals surface area contributed by atoms with E-state index in [0.29, 0.717) is 11.3 Å². The lowest BCUT2D eigenvalue weighted by Crippen LogP contribution is -2.34. The largest absolute Gasteiger partial charge is 0.332 e. The summed E-state index contributed by atoms with van der Waals surface area (Å²) in [6, 6.07) is 14.5. The molecule has 0 atom stereocenters. The fraction of sp³-hybridized carbons (Fsp3) is 0. The first-order valence-electron chi connectivity index (χ1n) is 8.11. The first kappa shape index (κ1) is 21.1. The summed E-state index contributed by atoms with van der Waals surface area (Å²) in [4.78, 5) is 19.9. The van der Waals surface area contributed by atoms with Crippen molar-refractivity contribution in [3.63, 3.8) is 0 Å². The molecular weight excluding hydrogens is 525 g/mol. The standard InChI is InChI=1S/C18H14IN5O3S2/c19-13-4-2-12(3-5-13)16(25)23-18(28)22-14-6-8-15(9-7-14)29(26,27)24-17-20-10-1-11-21-17/h1-11H,(H,20,21,24)(H2,22,23,25,28). The number of nitrogens with zero attached hydrogens (tertiary/aromatic N) is 2. The highest BCUT2D eigenvalue weighted by molar-refractivity contribution is 14.1. The Hall–Kier alpha value is -2.64. The normalized spacial score (nSPS) is 10.8. The Morgan fingerprint density at radius 1 is 0.966 bits per heavy atom. The van der Waals surface area contributed by atoms with Gasteiger partial charge < -0.3 is 5.32 Å². The number of rotatable bonds is 5. The fourth-order valence-electron chi connectivity index (χ4n) is 2.19. The van der Waals surface area contributed by atoms with Crippen molar-refractivity contribution in [3.8, 4) is 0 Å². The van der Waals surface area contributed by atoms with E-state index in [9.17, 15) is 13.2 Å². The van der Waals surface area contributed by atoms with E-state index in [-0.39, 0.29) is 21.9 Å². The molecule has 3 aromatic rings. The summed E-state index contributed by atoms with van der Waals surface area (Å²) in [5.41, 5.74) is 0.998. The topological polar surface area (TPSA) is 113 Å². The Kier molecular flexibility index (Phi) is 6.71. The maximum Gasteiger partial charge on any atom is 0.264 e. The van der Waals surface area contributed by atoms with Crippen LogP contribution in [0.3, 0.4) is 0 Å². The molecule has 3 N–H and O–H groups in total. The number of hydrogen-bond donors (Lipinski definition) is 3. The minimum atomic E-state index is -3.82. The monoisotopic (exact) mass is 539 g/mol. The van der Waals surface area contributed by atoms with Gasteiger partial charge in [0.15, 0.2) is 5.11 Å². The van der Waals surface area contributed by atoms with E-state index in [1.807, 2.05) is 12.1 Å². The van der Waals surface area contributed by atoms with Crippen molar-refractivity contribution in [2.24, 2.45) is 0 Å². The molecule has 0 fully saturated rings. The van der Waals surface area contributed by atoms with Crippen LogP contribution < -0.4 is 15.4 Å². The summed E-state index contributed by atoms with van der Waals surface area (Å²) in [7, 11) is -3.82. The van der Waals surface area contributed by atoms with Crippen LogP contribution in [0.4, 0.5) is 11.6 Å². The van der Waals surface area contributed by atoms with Gasteiger partial charge in [0.1, 0.15) is 0 Å². The lowest BCUT2D eigenvalue weighted by molar-refractivity contribution is 0.0977. The zero-order valence-corrected chi connectivity index (χ0v) is 18.5. The third-order valence-corrected chi connectivity index (χ3v) is 5.81. The number of carbonyl (C=O) groups excluding carboxylic acids is 1. The molecular formula is C18H14IN5O3S2. The Bertz CT molecular complexity index is 1120. The predicted molar refractivity (Wildman–Crippen MR) is 122 cm³/mol. The maximum absolute atomic E-state index is 12.4. The molecule has 0 bridgehead atoms. The van der Waals surface area contributed by atoms with Crippen LogP contribution in [0.2, 0.25) is 0 Å². The Morgan fingerprint density at radius 2 is 1.59 bits per heavy atom. The number of anilines is 2. The van der Waals surface area contributed by atoms with Gasteiger partial charge in [-0.2, -0.15) is 0 Å². The van der Waals surface area contributed by atoms with Crippen molar-refractivity contribution < 1.29 is 13.2 Å². The average molecular weight is 539 g/mol. The lowest BCUT2D eigenvalue weighted by Gasteiger charge is -2.11. The van der Waals surface area contributed by atoms with Crippen molar-refractivity contribution >= 4 is 67.5 Å². The molecule has 0 aliphatic rings. The van der Waals surface area contributed by atoms with Crippen molar-refractivity contribution in [2.75, 3.05) is 10.0 Å². The number of aromatic nitrogens is 2. The molecule has 0 aliphatic carbocycles. The van der Waals surface area contributed by atoms with Crippen LogP contribution in [0.25, 0.3) is 0 Å². The molecule has 0 spiro atoms. The maximum atomic E-state index is 12.4. The molecule has 0 radical (unpaired) electrons. The van der Waals surface area contributed by atoms with Crippen LogP contribution in [-0.2, 0) is 10.0 Å². The highest BCUT2D eigenvalue weighted by atomic mass is 127. The summed E-state index contributed by atoms with van der Waals surface area (Å²) < 4.78 is 28.0. The van der Waals surface area contributed by atoms with Crippen LogP contribution in [-0.4, -0.2) is 29.4 Å². The molecule has 8 nitrogen and oxygen atoms in total. The minimum Gasteiger partial charge on any atom is -0.332 e. The van der Waals surface area contributed by atoms with E-state index in [0.717, 1.165) is 3.57 Å². The number of sulfonamides is 1. The Labute approximate surface area is 186 Å². The van der Waals surface area contributed by atoms with E-state index < -0.39 is 10.0 Å². The van der Waals surface area contributed by atoms with Gasteiger partial charge in [0.05, 0.1) is 4.90 Å². The number of nitrogens with one attached hydrogen (secondary N) is 3. The minimum absolute atomic E-state index is 0.0193. The van der Waals surface area contributed by atoms with Crippen LogP contribution in [0, 0.1) is 3.57 Å². The second-order valence-corrected chi connectivity index (χ2v) is 8.95. The van der Waals surface area contributed by atoms with Crippen molar-refractivity contribution in [1.82, 2.24) is 15.3 Å². The van der Waals surface area contributed by atoms with E-state index >= 15 is 0 Å². The molecule has 11 heteroatoms. The van der Waals surface area contributed by atoms with Gasteiger partial charge in [-0.15, -0.1) is 0 Å². The number of halogens is 1. The van der Waals surface area contributed by atoms with E-state index in [1.165, 1.54) is 36.7 Å². The summed E-state index contributed by atoms with van der Waals surface area (Å²) >= 11 is 7.29. The van der Waals surface area contributed by atoms with Crippen LogP contribution in [0.15, 0.2) is 71.9 Å². The summed E-state index contributed by atoms with van der Waals surface area (Å²) in [5, 5.41) is 5.51. The van der Waals surface area contributed by atoms with Gasteiger partial charge in [-0.05, 0) is 89.4 Å². The molecule has 29 heavy (non-hydrogen) atoms. The molecule has 0 aliphatic heterocycles. The second-order valence-electron chi connectivity index (χ2n) is 5.62. The van der Waals surface area contributed by atoms with Gasteiger partial charge >= 0.3 is 0 Å². The molecule has 0 saturated heterocycles. The van der Waals surface area contributed by atoms with Gasteiger partial charge in [-0.1, -0.05) is 0 Å². The highest BCUT2D eigenvalue weighted by Gasteiger charge is 2.15. The van der Waals surface area contributed by atoms with Gasteiger partial charge in [-0.3, -0.25) is 10.1 Å². The predicted octanol–water partition coefficient (Wildman–Crippen LogP) is 3.01. The first-order valence-corrected chi connectivity index (χ1v) is 11.1.